The number of carbonyl (C=O) groups is 1. The van der Waals surface area contributed by atoms with Crippen molar-refractivity contribution in [2.24, 2.45) is 0 Å². The summed E-state index contributed by atoms with van der Waals surface area (Å²) >= 11 is 0. The molecule has 0 aliphatic heterocycles. The van der Waals surface area contributed by atoms with Crippen molar-refractivity contribution in [3.05, 3.63) is 42.1 Å². The fourth-order valence-corrected chi connectivity index (χ4v) is 1.91. The number of hydrogen-bond acceptors (Lipinski definition) is 2. The normalized spacial score (nSPS) is 12.7. The van der Waals surface area contributed by atoms with Crippen molar-refractivity contribution in [3.8, 4) is 0 Å². The zero-order valence-corrected chi connectivity index (χ0v) is 10.6. The Labute approximate surface area is 113 Å². The van der Waals surface area contributed by atoms with Gasteiger partial charge in [-0.25, -0.2) is 4.79 Å². The number of rotatable bonds is 3. The average molecular weight is 283 g/mol. The number of hydrogen-bond donors (Lipinski definition) is 1. The van der Waals surface area contributed by atoms with E-state index in [-0.39, 0.29) is 12.2 Å². The monoisotopic (exact) mass is 283 g/mol. The number of aromatic amines is 1. The van der Waals surface area contributed by atoms with E-state index in [0.717, 1.165) is 0 Å². The van der Waals surface area contributed by atoms with Gasteiger partial charge in [-0.3, -0.25) is 0 Å². The first-order chi connectivity index (χ1) is 9.43. The van der Waals surface area contributed by atoms with Crippen molar-refractivity contribution in [2.75, 3.05) is 6.61 Å². The Bertz CT molecular complexity index is 656. The van der Waals surface area contributed by atoms with Crippen LogP contribution in [0.2, 0.25) is 0 Å². The lowest BCUT2D eigenvalue weighted by molar-refractivity contribution is -0.137. The van der Waals surface area contributed by atoms with Crippen molar-refractivity contribution in [1.29, 1.82) is 0 Å². The number of para-hydroxylation sites is 1. The summed E-state index contributed by atoms with van der Waals surface area (Å²) in [6, 6.07) is 6.58. The molecule has 106 valence electrons. The van der Waals surface area contributed by atoms with E-state index in [4.69, 9.17) is 0 Å². The van der Waals surface area contributed by atoms with Crippen molar-refractivity contribution in [3.63, 3.8) is 0 Å². The highest BCUT2D eigenvalue weighted by molar-refractivity contribution is 5.99. The maximum Gasteiger partial charge on any atom is 0.417 e. The smallest absolute Gasteiger partial charge is 0.417 e. The number of alkyl halides is 3. The van der Waals surface area contributed by atoms with Gasteiger partial charge >= 0.3 is 12.1 Å². The molecule has 0 unspecified atom stereocenters. The summed E-state index contributed by atoms with van der Waals surface area (Å²) in [5.74, 6) is -1.01. The van der Waals surface area contributed by atoms with E-state index in [1.54, 1.807) is 24.3 Å². The van der Waals surface area contributed by atoms with Crippen LogP contribution in [0.1, 0.15) is 12.5 Å². The number of halogens is 3. The van der Waals surface area contributed by atoms with Crippen LogP contribution in [-0.4, -0.2) is 23.7 Å². The Morgan fingerprint density at radius 1 is 1.35 bits per heavy atom. The van der Waals surface area contributed by atoms with E-state index >= 15 is 0 Å². The largest absolute Gasteiger partial charge is 0.463 e. The molecular weight excluding hydrogens is 271 g/mol. The molecule has 0 atom stereocenters. The van der Waals surface area contributed by atoms with Crippen LogP contribution in [0.4, 0.5) is 13.2 Å². The summed E-state index contributed by atoms with van der Waals surface area (Å²) in [6.45, 7) is 1.55. The van der Waals surface area contributed by atoms with E-state index in [2.05, 4.69) is 9.72 Å². The third-order valence-corrected chi connectivity index (χ3v) is 2.73. The third kappa shape index (κ3) is 2.84. The molecule has 0 bridgehead atoms. The highest BCUT2D eigenvalue weighted by Crippen LogP contribution is 2.37. The molecule has 0 fully saturated rings. The number of esters is 1. The highest BCUT2D eigenvalue weighted by Gasteiger charge is 2.36. The standard InChI is InChI=1S/C14H12F3NO2/c1-2-20-13(19)7-11(14(15,16)17)10-8-18-12-6-4-3-5-9(10)12/h3-8,18H,2H2,1H3/b11-7+. The second-order valence-electron chi connectivity index (χ2n) is 4.06. The minimum absolute atomic E-state index is 0.0222. The van der Waals surface area contributed by atoms with Crippen LogP contribution in [0, 0.1) is 0 Å². The van der Waals surface area contributed by atoms with Gasteiger partial charge in [-0.15, -0.1) is 0 Å². The van der Waals surface area contributed by atoms with Crippen LogP contribution in [0.25, 0.3) is 16.5 Å². The zero-order valence-electron chi connectivity index (χ0n) is 10.6. The fourth-order valence-electron chi connectivity index (χ4n) is 1.91. The number of aromatic nitrogens is 1. The van der Waals surface area contributed by atoms with Crippen LogP contribution >= 0.6 is 0 Å². The lowest BCUT2D eigenvalue weighted by atomic mass is 10.0. The lowest BCUT2D eigenvalue weighted by Crippen LogP contribution is -2.13. The van der Waals surface area contributed by atoms with Gasteiger partial charge in [-0.1, -0.05) is 18.2 Å². The Morgan fingerprint density at radius 3 is 2.70 bits per heavy atom. The van der Waals surface area contributed by atoms with Crippen molar-refractivity contribution < 1.29 is 22.7 Å². The summed E-state index contributed by atoms with van der Waals surface area (Å²) < 4.78 is 43.9. The number of allylic oxidation sites excluding steroid dienone is 1. The quantitative estimate of drug-likeness (QED) is 0.689. The van der Waals surface area contributed by atoms with Crippen LogP contribution in [0.15, 0.2) is 36.5 Å². The molecule has 3 nitrogen and oxygen atoms in total. The number of benzene rings is 1. The summed E-state index contributed by atoms with van der Waals surface area (Å²) in [5.41, 5.74) is -0.518. The molecule has 0 amide bonds. The molecule has 1 N–H and O–H groups in total. The van der Waals surface area contributed by atoms with Crippen LogP contribution in [0.5, 0.6) is 0 Å². The molecular formula is C14H12F3NO2. The van der Waals surface area contributed by atoms with Gasteiger partial charge in [0.15, 0.2) is 0 Å². The minimum atomic E-state index is -4.64. The molecule has 0 aliphatic carbocycles. The molecule has 0 spiro atoms. The minimum Gasteiger partial charge on any atom is -0.463 e. The summed E-state index contributed by atoms with van der Waals surface area (Å²) in [4.78, 5) is 14.1. The molecule has 0 saturated heterocycles. The predicted octanol–water partition coefficient (Wildman–Crippen LogP) is 3.68. The summed E-state index contributed by atoms with van der Waals surface area (Å²) in [7, 11) is 0. The Kier molecular flexibility index (Phi) is 3.83. The van der Waals surface area contributed by atoms with Crippen molar-refractivity contribution in [1.82, 2.24) is 4.98 Å². The molecule has 0 saturated carbocycles. The van der Waals surface area contributed by atoms with Gasteiger partial charge in [0, 0.05) is 28.7 Å². The summed E-state index contributed by atoms with van der Waals surface area (Å²) in [6.07, 6.45) is -2.92. The van der Waals surface area contributed by atoms with Gasteiger partial charge in [0.2, 0.25) is 0 Å². The van der Waals surface area contributed by atoms with Gasteiger partial charge in [-0.2, -0.15) is 13.2 Å². The molecule has 6 heteroatoms. The predicted molar refractivity (Wildman–Crippen MR) is 69.0 cm³/mol. The lowest BCUT2D eigenvalue weighted by Gasteiger charge is -2.11. The van der Waals surface area contributed by atoms with E-state index in [1.165, 1.54) is 13.1 Å². The zero-order chi connectivity index (χ0) is 14.8. The molecule has 1 heterocycles. The van der Waals surface area contributed by atoms with Gasteiger partial charge < -0.3 is 9.72 Å². The molecule has 2 aromatic rings. The number of nitrogens with one attached hydrogen (secondary N) is 1. The van der Waals surface area contributed by atoms with E-state index in [1.807, 2.05) is 0 Å². The van der Waals surface area contributed by atoms with Gasteiger partial charge in [0.25, 0.3) is 0 Å². The molecule has 0 radical (unpaired) electrons. The average Bonchev–Trinajstić information content (AvgIpc) is 2.78. The third-order valence-electron chi connectivity index (χ3n) is 2.73. The summed E-state index contributed by atoms with van der Waals surface area (Å²) in [5, 5.41) is 0.403. The van der Waals surface area contributed by atoms with Crippen LogP contribution in [0.3, 0.4) is 0 Å². The number of H-pyrrole nitrogens is 1. The van der Waals surface area contributed by atoms with Crippen molar-refractivity contribution in [2.45, 2.75) is 13.1 Å². The van der Waals surface area contributed by atoms with E-state index in [0.29, 0.717) is 17.0 Å². The van der Waals surface area contributed by atoms with Gasteiger partial charge in [-0.05, 0) is 13.0 Å². The number of fused-ring (bicyclic) bond motifs is 1. The molecule has 20 heavy (non-hydrogen) atoms. The second-order valence-corrected chi connectivity index (χ2v) is 4.06. The second kappa shape index (κ2) is 5.40. The SMILES string of the molecule is CCOC(=O)/C=C(\c1c[nH]c2ccccc12)C(F)(F)F. The topological polar surface area (TPSA) is 42.1 Å². The first-order valence-corrected chi connectivity index (χ1v) is 5.95. The first kappa shape index (κ1) is 14.2. The van der Waals surface area contributed by atoms with Gasteiger partial charge in [0.05, 0.1) is 12.2 Å². The fraction of sp³-hybridized carbons (Fsp3) is 0.214. The maximum atomic E-state index is 13.1. The van der Waals surface area contributed by atoms with Gasteiger partial charge in [0.1, 0.15) is 0 Å². The maximum absolute atomic E-state index is 13.1. The Balaban J connectivity index is 2.55. The van der Waals surface area contributed by atoms with E-state index < -0.39 is 17.7 Å². The molecule has 2 rings (SSSR count). The molecule has 0 aliphatic rings. The molecule has 1 aromatic carbocycles. The Morgan fingerprint density at radius 2 is 2.05 bits per heavy atom. The van der Waals surface area contributed by atoms with E-state index in [9.17, 15) is 18.0 Å². The Hall–Kier alpha value is -2.24. The first-order valence-electron chi connectivity index (χ1n) is 5.95. The highest BCUT2D eigenvalue weighted by atomic mass is 19.4. The number of carbonyl (C=O) groups excluding carboxylic acids is 1. The van der Waals surface area contributed by atoms with Crippen molar-refractivity contribution >= 4 is 22.4 Å². The number of ether oxygens (including phenoxy) is 1. The van der Waals surface area contributed by atoms with Crippen LogP contribution < -0.4 is 0 Å². The van der Waals surface area contributed by atoms with Crippen LogP contribution in [-0.2, 0) is 9.53 Å². The molecule has 1 aromatic heterocycles.